The van der Waals surface area contributed by atoms with Crippen LogP contribution in [0.15, 0.2) is 23.4 Å². The van der Waals surface area contributed by atoms with Crippen molar-refractivity contribution in [3.8, 4) is 0 Å². The first-order valence-corrected chi connectivity index (χ1v) is 3.89. The van der Waals surface area contributed by atoms with Gasteiger partial charge in [-0.2, -0.15) is 0 Å². The van der Waals surface area contributed by atoms with Gasteiger partial charge in [0.25, 0.3) is 0 Å². The molecule has 0 atom stereocenters. The molecule has 0 aliphatic rings. The summed E-state index contributed by atoms with van der Waals surface area (Å²) in [6, 6.07) is 0. The predicted molar refractivity (Wildman–Crippen MR) is 47.0 cm³/mol. The van der Waals surface area contributed by atoms with Gasteiger partial charge in [-0.3, -0.25) is 0 Å². The zero-order valence-electron chi connectivity index (χ0n) is 6.58. The standard InChI is InChI=1S/C8H14ClN/c1-4-6-8(9)7(3)10-5-2/h6,10H,3-5H2,1-2H3/b8-6+. The van der Waals surface area contributed by atoms with Gasteiger partial charge in [0.05, 0.1) is 5.03 Å². The van der Waals surface area contributed by atoms with Gasteiger partial charge in [0.1, 0.15) is 0 Å². The third-order valence-corrected chi connectivity index (χ3v) is 1.44. The molecule has 0 saturated carbocycles. The molecule has 58 valence electrons. The molecule has 0 fully saturated rings. The van der Waals surface area contributed by atoms with Crippen LogP contribution in [-0.2, 0) is 0 Å². The van der Waals surface area contributed by atoms with Gasteiger partial charge >= 0.3 is 0 Å². The molecule has 0 aliphatic heterocycles. The second-order valence-electron chi connectivity index (χ2n) is 1.97. The minimum absolute atomic E-state index is 0.726. The summed E-state index contributed by atoms with van der Waals surface area (Å²) in [7, 11) is 0. The maximum atomic E-state index is 5.81. The smallest absolute Gasteiger partial charge is 0.0591 e. The summed E-state index contributed by atoms with van der Waals surface area (Å²) >= 11 is 5.81. The van der Waals surface area contributed by atoms with Gasteiger partial charge in [0.2, 0.25) is 0 Å². The average Bonchev–Trinajstić information content (AvgIpc) is 1.89. The summed E-state index contributed by atoms with van der Waals surface area (Å²) in [6.45, 7) is 8.68. The molecule has 0 unspecified atom stereocenters. The van der Waals surface area contributed by atoms with Crippen molar-refractivity contribution in [1.29, 1.82) is 0 Å². The zero-order valence-corrected chi connectivity index (χ0v) is 7.33. The van der Waals surface area contributed by atoms with Gasteiger partial charge in [-0.05, 0) is 13.3 Å². The van der Waals surface area contributed by atoms with E-state index < -0.39 is 0 Å². The summed E-state index contributed by atoms with van der Waals surface area (Å²) < 4.78 is 0. The fraction of sp³-hybridized carbons (Fsp3) is 0.500. The summed E-state index contributed by atoms with van der Waals surface area (Å²) in [5.74, 6) is 0. The molecule has 1 nitrogen and oxygen atoms in total. The van der Waals surface area contributed by atoms with Gasteiger partial charge in [-0.15, -0.1) is 0 Å². The van der Waals surface area contributed by atoms with Crippen LogP contribution >= 0.6 is 11.6 Å². The number of likely N-dealkylation sites (N-methyl/N-ethyl adjacent to an activating group) is 1. The van der Waals surface area contributed by atoms with Gasteiger partial charge in [0, 0.05) is 12.2 Å². The van der Waals surface area contributed by atoms with E-state index in [-0.39, 0.29) is 0 Å². The summed E-state index contributed by atoms with van der Waals surface area (Å²) in [5.41, 5.74) is 0.811. The van der Waals surface area contributed by atoms with E-state index in [2.05, 4.69) is 11.9 Å². The fourth-order valence-electron chi connectivity index (χ4n) is 0.600. The number of allylic oxidation sites excluding steroid dienone is 2. The maximum Gasteiger partial charge on any atom is 0.0591 e. The quantitative estimate of drug-likeness (QED) is 0.622. The number of nitrogens with one attached hydrogen (secondary N) is 1. The Morgan fingerprint density at radius 3 is 2.60 bits per heavy atom. The highest BCUT2D eigenvalue weighted by Gasteiger charge is 1.93. The molecule has 1 N–H and O–H groups in total. The highest BCUT2D eigenvalue weighted by atomic mass is 35.5. The van der Waals surface area contributed by atoms with Gasteiger partial charge in [0.15, 0.2) is 0 Å². The van der Waals surface area contributed by atoms with Crippen LogP contribution < -0.4 is 5.32 Å². The number of hydrogen-bond donors (Lipinski definition) is 1. The topological polar surface area (TPSA) is 12.0 Å². The molecule has 0 aromatic carbocycles. The first-order valence-electron chi connectivity index (χ1n) is 3.51. The lowest BCUT2D eigenvalue weighted by Crippen LogP contribution is -2.10. The number of rotatable bonds is 4. The van der Waals surface area contributed by atoms with Crippen LogP contribution in [0.2, 0.25) is 0 Å². The summed E-state index contributed by atoms with van der Waals surface area (Å²) in [6.07, 6.45) is 2.88. The Bertz CT molecular complexity index is 138. The Morgan fingerprint density at radius 1 is 1.60 bits per heavy atom. The van der Waals surface area contributed by atoms with Crippen molar-refractivity contribution in [2.75, 3.05) is 6.54 Å². The monoisotopic (exact) mass is 159 g/mol. The van der Waals surface area contributed by atoms with Crippen LogP contribution in [0.3, 0.4) is 0 Å². The minimum Gasteiger partial charge on any atom is -0.385 e. The van der Waals surface area contributed by atoms with Gasteiger partial charge < -0.3 is 5.32 Å². The van der Waals surface area contributed by atoms with Crippen LogP contribution in [0.1, 0.15) is 20.3 Å². The Hall–Kier alpha value is -0.430. The predicted octanol–water partition coefficient (Wildman–Crippen LogP) is 2.64. The van der Waals surface area contributed by atoms with Crippen molar-refractivity contribution in [3.05, 3.63) is 23.4 Å². The van der Waals surface area contributed by atoms with E-state index in [0.717, 1.165) is 23.7 Å². The Balaban J connectivity index is 3.82. The minimum atomic E-state index is 0.726. The third kappa shape index (κ3) is 3.57. The van der Waals surface area contributed by atoms with E-state index in [1.54, 1.807) is 0 Å². The molecular weight excluding hydrogens is 146 g/mol. The van der Waals surface area contributed by atoms with Crippen molar-refractivity contribution < 1.29 is 0 Å². The Kier molecular flexibility index (Phi) is 5.13. The van der Waals surface area contributed by atoms with Gasteiger partial charge in [-0.25, -0.2) is 0 Å². The van der Waals surface area contributed by atoms with Crippen LogP contribution in [0, 0.1) is 0 Å². The molecule has 0 heterocycles. The highest BCUT2D eigenvalue weighted by Crippen LogP contribution is 2.09. The lowest BCUT2D eigenvalue weighted by molar-refractivity contribution is 0.877. The maximum absolute atomic E-state index is 5.81. The third-order valence-electron chi connectivity index (χ3n) is 1.06. The van der Waals surface area contributed by atoms with Crippen LogP contribution in [0.5, 0.6) is 0 Å². The van der Waals surface area contributed by atoms with E-state index >= 15 is 0 Å². The SMILES string of the molecule is C=C(NCC)/C(Cl)=C\CC. The lowest BCUT2D eigenvalue weighted by atomic mass is 10.3. The van der Waals surface area contributed by atoms with Crippen molar-refractivity contribution in [2.24, 2.45) is 0 Å². The molecule has 0 aromatic heterocycles. The fourth-order valence-corrected chi connectivity index (χ4v) is 0.821. The molecule has 0 radical (unpaired) electrons. The molecule has 0 bridgehead atoms. The first kappa shape index (κ1) is 9.57. The molecule has 0 spiro atoms. The Labute approximate surface area is 67.8 Å². The molecule has 0 rings (SSSR count). The summed E-state index contributed by atoms with van der Waals surface area (Å²) in [5, 5.41) is 3.76. The van der Waals surface area contributed by atoms with E-state index in [1.807, 2.05) is 19.9 Å². The molecular formula is C8H14ClN. The van der Waals surface area contributed by atoms with Crippen LogP contribution in [-0.4, -0.2) is 6.54 Å². The van der Waals surface area contributed by atoms with E-state index in [9.17, 15) is 0 Å². The van der Waals surface area contributed by atoms with E-state index in [4.69, 9.17) is 11.6 Å². The van der Waals surface area contributed by atoms with E-state index in [1.165, 1.54) is 0 Å². The summed E-state index contributed by atoms with van der Waals surface area (Å²) in [4.78, 5) is 0. The highest BCUT2D eigenvalue weighted by molar-refractivity contribution is 6.31. The Morgan fingerprint density at radius 2 is 2.20 bits per heavy atom. The molecule has 0 saturated heterocycles. The van der Waals surface area contributed by atoms with Crippen LogP contribution in [0.25, 0.3) is 0 Å². The molecule has 0 aliphatic carbocycles. The number of hydrogen-bond acceptors (Lipinski definition) is 1. The first-order chi connectivity index (χ1) is 4.72. The van der Waals surface area contributed by atoms with Crippen molar-refractivity contribution in [3.63, 3.8) is 0 Å². The number of halogens is 1. The van der Waals surface area contributed by atoms with E-state index in [0.29, 0.717) is 0 Å². The second-order valence-corrected chi connectivity index (χ2v) is 2.38. The van der Waals surface area contributed by atoms with Crippen molar-refractivity contribution in [2.45, 2.75) is 20.3 Å². The van der Waals surface area contributed by atoms with Crippen LogP contribution in [0.4, 0.5) is 0 Å². The van der Waals surface area contributed by atoms with Crippen molar-refractivity contribution >= 4 is 11.6 Å². The normalized spacial score (nSPS) is 11.3. The molecule has 0 amide bonds. The zero-order chi connectivity index (χ0) is 7.98. The lowest BCUT2D eigenvalue weighted by Gasteiger charge is -2.04. The molecule has 2 heteroatoms. The van der Waals surface area contributed by atoms with Gasteiger partial charge in [-0.1, -0.05) is 31.2 Å². The largest absolute Gasteiger partial charge is 0.385 e. The second kappa shape index (κ2) is 5.36. The molecule has 10 heavy (non-hydrogen) atoms. The van der Waals surface area contributed by atoms with Crippen molar-refractivity contribution in [1.82, 2.24) is 5.32 Å². The average molecular weight is 160 g/mol. The molecule has 0 aromatic rings.